The monoisotopic (exact) mass is 254 g/mol. The van der Waals surface area contributed by atoms with Crippen molar-refractivity contribution in [2.45, 2.75) is 33.2 Å². The van der Waals surface area contributed by atoms with Gasteiger partial charge < -0.3 is 10.6 Å². The van der Waals surface area contributed by atoms with Crippen LogP contribution in [0.25, 0.3) is 0 Å². The molecule has 0 heterocycles. The third kappa shape index (κ3) is 3.72. The van der Waals surface area contributed by atoms with Gasteiger partial charge in [0.2, 0.25) is 5.91 Å². The van der Waals surface area contributed by atoms with Gasteiger partial charge in [0.1, 0.15) is 0 Å². The number of halogens is 1. The van der Waals surface area contributed by atoms with E-state index in [2.05, 4.69) is 10.6 Å². The molecule has 0 aliphatic heterocycles. The molecule has 1 amide bonds. The molecule has 0 saturated carbocycles. The van der Waals surface area contributed by atoms with Gasteiger partial charge in [-0.25, -0.2) is 0 Å². The van der Waals surface area contributed by atoms with Crippen molar-refractivity contribution in [3.8, 4) is 0 Å². The van der Waals surface area contributed by atoms with Crippen LogP contribution in [0.15, 0.2) is 18.2 Å². The first-order chi connectivity index (χ1) is 7.86. The fourth-order valence-electron chi connectivity index (χ4n) is 1.52. The smallest absolute Gasteiger partial charge is 0.244 e. The third-order valence-electron chi connectivity index (χ3n) is 2.56. The van der Waals surface area contributed by atoms with Crippen LogP contribution in [0.4, 0.5) is 5.69 Å². The first-order valence-corrected chi connectivity index (χ1v) is 6.07. The molecule has 0 saturated heterocycles. The van der Waals surface area contributed by atoms with E-state index in [1.54, 1.807) is 0 Å². The molecule has 0 unspecified atom stereocenters. The molecule has 0 aromatic heterocycles. The Morgan fingerprint density at radius 2 is 2.06 bits per heavy atom. The van der Waals surface area contributed by atoms with Crippen molar-refractivity contribution in [1.82, 2.24) is 5.32 Å². The van der Waals surface area contributed by atoms with Crippen molar-refractivity contribution in [2.75, 3.05) is 11.9 Å². The van der Waals surface area contributed by atoms with E-state index in [0.717, 1.165) is 12.1 Å². The molecular formula is C13H19ClN2O. The topological polar surface area (TPSA) is 41.1 Å². The standard InChI is InChI=1S/C13H19ClN2O/c1-5-15-13(3,4)12(17)16-11-7-6-9(2)8-10(11)14/h6-8,15H,5H2,1-4H3,(H,16,17). The molecule has 4 heteroatoms. The van der Waals surface area contributed by atoms with Gasteiger partial charge in [-0.1, -0.05) is 24.6 Å². The number of hydrogen-bond acceptors (Lipinski definition) is 2. The summed E-state index contributed by atoms with van der Waals surface area (Å²) < 4.78 is 0. The Labute approximate surface area is 108 Å². The molecule has 0 radical (unpaired) electrons. The molecule has 0 fully saturated rings. The number of hydrogen-bond donors (Lipinski definition) is 2. The van der Waals surface area contributed by atoms with Gasteiger partial charge in [0.15, 0.2) is 0 Å². The largest absolute Gasteiger partial charge is 0.323 e. The second-order valence-corrected chi connectivity index (χ2v) is 5.00. The number of aryl methyl sites for hydroxylation is 1. The van der Waals surface area contributed by atoms with Crippen LogP contribution in [0, 0.1) is 6.92 Å². The summed E-state index contributed by atoms with van der Waals surface area (Å²) in [5.74, 6) is -0.0925. The summed E-state index contributed by atoms with van der Waals surface area (Å²) in [6.45, 7) is 8.35. The second-order valence-electron chi connectivity index (χ2n) is 4.59. The average Bonchev–Trinajstić information content (AvgIpc) is 2.22. The van der Waals surface area contributed by atoms with Crippen LogP contribution in [-0.2, 0) is 4.79 Å². The van der Waals surface area contributed by atoms with Crippen LogP contribution >= 0.6 is 11.6 Å². The van der Waals surface area contributed by atoms with Crippen LogP contribution in [0.5, 0.6) is 0 Å². The zero-order valence-corrected chi connectivity index (χ0v) is 11.5. The van der Waals surface area contributed by atoms with Crippen LogP contribution in [0.1, 0.15) is 26.3 Å². The molecule has 0 spiro atoms. The number of carbonyl (C=O) groups is 1. The van der Waals surface area contributed by atoms with Crippen molar-refractivity contribution >= 4 is 23.2 Å². The van der Waals surface area contributed by atoms with Gasteiger partial charge in [0.05, 0.1) is 16.2 Å². The van der Waals surface area contributed by atoms with Crippen molar-refractivity contribution in [3.63, 3.8) is 0 Å². The molecule has 94 valence electrons. The summed E-state index contributed by atoms with van der Waals surface area (Å²) in [4.78, 5) is 12.0. The lowest BCUT2D eigenvalue weighted by molar-refractivity contribution is -0.121. The molecular weight excluding hydrogens is 236 g/mol. The van der Waals surface area contributed by atoms with E-state index in [-0.39, 0.29) is 5.91 Å². The minimum Gasteiger partial charge on any atom is -0.323 e. The maximum absolute atomic E-state index is 12.0. The molecule has 2 N–H and O–H groups in total. The lowest BCUT2D eigenvalue weighted by Crippen LogP contribution is -2.49. The van der Waals surface area contributed by atoms with Gasteiger partial charge in [0.25, 0.3) is 0 Å². The first-order valence-electron chi connectivity index (χ1n) is 5.69. The normalized spacial score (nSPS) is 11.4. The average molecular weight is 255 g/mol. The van der Waals surface area contributed by atoms with Crippen molar-refractivity contribution in [2.24, 2.45) is 0 Å². The molecule has 0 aliphatic carbocycles. The van der Waals surface area contributed by atoms with E-state index in [9.17, 15) is 4.79 Å². The summed E-state index contributed by atoms with van der Waals surface area (Å²) in [6.07, 6.45) is 0. The van der Waals surface area contributed by atoms with Gasteiger partial charge >= 0.3 is 0 Å². The predicted octanol–water partition coefficient (Wildman–Crippen LogP) is 2.98. The summed E-state index contributed by atoms with van der Waals surface area (Å²) in [5, 5.41) is 6.51. The highest BCUT2D eigenvalue weighted by Gasteiger charge is 2.26. The lowest BCUT2D eigenvalue weighted by atomic mass is 10.0. The number of benzene rings is 1. The quantitative estimate of drug-likeness (QED) is 0.867. The van der Waals surface area contributed by atoms with Gasteiger partial charge in [-0.3, -0.25) is 4.79 Å². The molecule has 0 atom stereocenters. The lowest BCUT2D eigenvalue weighted by Gasteiger charge is -2.24. The number of rotatable bonds is 4. The third-order valence-corrected chi connectivity index (χ3v) is 2.87. The summed E-state index contributed by atoms with van der Waals surface area (Å²) in [6, 6.07) is 5.57. The zero-order chi connectivity index (χ0) is 13.1. The fraction of sp³-hybridized carbons (Fsp3) is 0.462. The molecule has 1 rings (SSSR count). The SMILES string of the molecule is CCNC(C)(C)C(=O)Nc1ccc(C)cc1Cl. The Hall–Kier alpha value is -1.06. The van der Waals surface area contributed by atoms with Gasteiger partial charge in [-0.15, -0.1) is 0 Å². The molecule has 0 aliphatic rings. The maximum atomic E-state index is 12.0. The number of amides is 1. The molecule has 0 bridgehead atoms. The Morgan fingerprint density at radius 1 is 1.41 bits per heavy atom. The highest BCUT2D eigenvalue weighted by atomic mass is 35.5. The number of likely N-dealkylation sites (N-methyl/N-ethyl adjacent to an activating group) is 1. The van der Waals surface area contributed by atoms with E-state index in [1.807, 2.05) is 45.9 Å². The van der Waals surface area contributed by atoms with E-state index < -0.39 is 5.54 Å². The Kier molecular flexibility index (Phi) is 4.54. The molecule has 3 nitrogen and oxygen atoms in total. The Bertz CT molecular complexity index is 416. The van der Waals surface area contributed by atoms with Crippen LogP contribution < -0.4 is 10.6 Å². The fourth-order valence-corrected chi connectivity index (χ4v) is 1.80. The minimum absolute atomic E-state index is 0.0925. The van der Waals surface area contributed by atoms with Gasteiger partial charge in [-0.2, -0.15) is 0 Å². The number of anilines is 1. The Morgan fingerprint density at radius 3 is 2.59 bits per heavy atom. The summed E-state index contributed by atoms with van der Waals surface area (Å²) >= 11 is 6.07. The summed E-state index contributed by atoms with van der Waals surface area (Å²) in [7, 11) is 0. The molecule has 1 aromatic carbocycles. The highest BCUT2D eigenvalue weighted by Crippen LogP contribution is 2.23. The minimum atomic E-state index is -0.608. The van der Waals surface area contributed by atoms with E-state index >= 15 is 0 Å². The maximum Gasteiger partial charge on any atom is 0.244 e. The number of nitrogens with one attached hydrogen (secondary N) is 2. The van der Waals surface area contributed by atoms with Crippen molar-refractivity contribution < 1.29 is 4.79 Å². The second kappa shape index (κ2) is 5.52. The summed E-state index contributed by atoms with van der Waals surface area (Å²) in [5.41, 5.74) is 1.11. The van der Waals surface area contributed by atoms with E-state index in [1.165, 1.54) is 0 Å². The highest BCUT2D eigenvalue weighted by molar-refractivity contribution is 6.33. The van der Waals surface area contributed by atoms with Gasteiger partial charge in [0, 0.05) is 0 Å². The van der Waals surface area contributed by atoms with Crippen molar-refractivity contribution in [1.29, 1.82) is 0 Å². The molecule has 17 heavy (non-hydrogen) atoms. The van der Waals surface area contributed by atoms with Crippen LogP contribution in [0.2, 0.25) is 5.02 Å². The zero-order valence-electron chi connectivity index (χ0n) is 10.7. The van der Waals surface area contributed by atoms with Crippen molar-refractivity contribution in [3.05, 3.63) is 28.8 Å². The Balaban J connectivity index is 2.81. The first kappa shape index (κ1) is 14.0. The van der Waals surface area contributed by atoms with Crippen LogP contribution in [-0.4, -0.2) is 18.0 Å². The predicted molar refractivity (Wildman–Crippen MR) is 72.6 cm³/mol. The van der Waals surface area contributed by atoms with Gasteiger partial charge in [-0.05, 0) is 45.0 Å². The van der Waals surface area contributed by atoms with E-state index in [4.69, 9.17) is 11.6 Å². The number of carbonyl (C=O) groups excluding carboxylic acids is 1. The van der Waals surface area contributed by atoms with E-state index in [0.29, 0.717) is 10.7 Å². The van der Waals surface area contributed by atoms with Crippen LogP contribution in [0.3, 0.4) is 0 Å². The molecule has 1 aromatic rings.